The molecule has 0 N–H and O–H groups in total. The van der Waals surface area contributed by atoms with Gasteiger partial charge in [0, 0.05) is 0 Å². The van der Waals surface area contributed by atoms with E-state index in [9.17, 15) is 4.79 Å². The molecule has 0 unspecified atom stereocenters. The second kappa shape index (κ2) is 5.83. The Labute approximate surface area is 112 Å². The summed E-state index contributed by atoms with van der Waals surface area (Å²) < 4.78 is 5.30. The summed E-state index contributed by atoms with van der Waals surface area (Å²) in [6.07, 6.45) is 0. The number of carbonyl (C=O) groups excluding carboxylic acids is 1. The van der Waals surface area contributed by atoms with Gasteiger partial charge in [-0.2, -0.15) is 5.26 Å². The van der Waals surface area contributed by atoms with Crippen LogP contribution >= 0.6 is 0 Å². The number of benzene rings is 2. The highest BCUT2D eigenvalue weighted by molar-refractivity contribution is 5.77. The van der Waals surface area contributed by atoms with Gasteiger partial charge in [-0.15, -0.1) is 0 Å². The fourth-order valence-electron chi connectivity index (χ4n) is 1.75. The normalized spacial score (nSPS) is 9.68. The van der Waals surface area contributed by atoms with Crippen molar-refractivity contribution >= 4 is 5.78 Å². The van der Waals surface area contributed by atoms with Crippen LogP contribution in [0.4, 0.5) is 0 Å². The van der Waals surface area contributed by atoms with Gasteiger partial charge < -0.3 is 4.74 Å². The van der Waals surface area contributed by atoms with Crippen LogP contribution in [0.2, 0.25) is 0 Å². The first-order valence-electron chi connectivity index (χ1n) is 5.92. The van der Waals surface area contributed by atoms with Crippen LogP contribution in [0.1, 0.15) is 12.5 Å². The molecule has 3 heteroatoms. The quantitative estimate of drug-likeness (QED) is 0.838. The van der Waals surface area contributed by atoms with Gasteiger partial charge in [0.2, 0.25) is 0 Å². The second-order valence-electron chi connectivity index (χ2n) is 4.17. The van der Waals surface area contributed by atoms with E-state index < -0.39 is 0 Å². The van der Waals surface area contributed by atoms with Crippen LogP contribution < -0.4 is 4.74 Å². The van der Waals surface area contributed by atoms with Crippen LogP contribution in [0.5, 0.6) is 5.75 Å². The predicted octanol–water partition coefficient (Wildman–Crippen LogP) is 3.19. The highest BCUT2D eigenvalue weighted by Gasteiger charge is 2.04. The highest BCUT2D eigenvalue weighted by Crippen LogP contribution is 2.25. The van der Waals surface area contributed by atoms with Gasteiger partial charge >= 0.3 is 0 Å². The molecule has 94 valence electrons. The van der Waals surface area contributed by atoms with Crippen molar-refractivity contribution in [2.24, 2.45) is 0 Å². The van der Waals surface area contributed by atoms with E-state index in [1.54, 1.807) is 18.2 Å². The third-order valence-electron chi connectivity index (χ3n) is 2.65. The van der Waals surface area contributed by atoms with E-state index in [4.69, 9.17) is 10.00 Å². The lowest BCUT2D eigenvalue weighted by molar-refractivity contribution is -0.118. The van der Waals surface area contributed by atoms with Gasteiger partial charge in [-0.1, -0.05) is 30.3 Å². The van der Waals surface area contributed by atoms with E-state index in [2.05, 4.69) is 6.07 Å². The second-order valence-corrected chi connectivity index (χ2v) is 4.17. The number of rotatable bonds is 4. The molecular formula is C16H13NO2. The minimum Gasteiger partial charge on any atom is -0.486 e. The van der Waals surface area contributed by atoms with E-state index in [0.717, 1.165) is 11.1 Å². The van der Waals surface area contributed by atoms with Crippen LogP contribution in [0.3, 0.4) is 0 Å². The first-order valence-corrected chi connectivity index (χ1v) is 5.92. The number of hydrogen-bond donors (Lipinski definition) is 0. The molecule has 0 spiro atoms. The monoisotopic (exact) mass is 251 g/mol. The molecule has 0 aliphatic carbocycles. The van der Waals surface area contributed by atoms with Gasteiger partial charge in [-0.3, -0.25) is 4.79 Å². The Morgan fingerprint density at radius 3 is 2.47 bits per heavy atom. The molecule has 0 radical (unpaired) electrons. The molecule has 0 bridgehead atoms. The average molecular weight is 251 g/mol. The predicted molar refractivity (Wildman–Crippen MR) is 72.8 cm³/mol. The summed E-state index contributed by atoms with van der Waals surface area (Å²) in [6, 6.07) is 17.0. The molecule has 2 aromatic carbocycles. The van der Waals surface area contributed by atoms with E-state index >= 15 is 0 Å². The SMILES string of the molecule is CC(=O)COc1ccc(-c2ccccc2C#N)cc1. The number of hydrogen-bond acceptors (Lipinski definition) is 3. The molecule has 0 aromatic heterocycles. The van der Waals surface area contributed by atoms with Crippen molar-refractivity contribution < 1.29 is 9.53 Å². The molecular weight excluding hydrogens is 238 g/mol. The van der Waals surface area contributed by atoms with Gasteiger partial charge in [0.25, 0.3) is 0 Å². The first-order chi connectivity index (χ1) is 9.20. The summed E-state index contributed by atoms with van der Waals surface area (Å²) in [6.45, 7) is 1.56. The lowest BCUT2D eigenvalue weighted by Crippen LogP contribution is -2.06. The minimum atomic E-state index is -0.0149. The molecule has 0 heterocycles. The Hall–Kier alpha value is -2.60. The van der Waals surface area contributed by atoms with E-state index in [1.165, 1.54) is 6.92 Å². The van der Waals surface area contributed by atoms with Crippen LogP contribution in [0, 0.1) is 11.3 Å². The summed E-state index contributed by atoms with van der Waals surface area (Å²) in [7, 11) is 0. The van der Waals surface area contributed by atoms with Crippen LogP contribution in [-0.4, -0.2) is 12.4 Å². The molecule has 0 amide bonds. The Kier molecular flexibility index (Phi) is 3.94. The van der Waals surface area contributed by atoms with Crippen molar-refractivity contribution in [2.45, 2.75) is 6.92 Å². The topological polar surface area (TPSA) is 50.1 Å². The standard InChI is InChI=1S/C16H13NO2/c1-12(18)11-19-15-8-6-13(7-9-15)16-5-3-2-4-14(16)10-17/h2-9H,11H2,1H3. The maximum Gasteiger partial charge on any atom is 0.167 e. The Bertz CT molecular complexity index is 624. The van der Waals surface area contributed by atoms with E-state index in [0.29, 0.717) is 11.3 Å². The van der Waals surface area contributed by atoms with Crippen molar-refractivity contribution in [3.8, 4) is 22.9 Å². The molecule has 19 heavy (non-hydrogen) atoms. The number of Topliss-reactive ketones (excluding diaryl/α,β-unsaturated/α-hetero) is 1. The third kappa shape index (κ3) is 3.20. The maximum absolute atomic E-state index is 10.8. The molecule has 0 aliphatic rings. The number of ether oxygens (including phenoxy) is 1. The summed E-state index contributed by atoms with van der Waals surface area (Å²) in [4.78, 5) is 10.8. The van der Waals surface area contributed by atoms with Gasteiger partial charge in [0.1, 0.15) is 12.4 Å². The summed E-state index contributed by atoms with van der Waals surface area (Å²) in [5.74, 6) is 0.632. The average Bonchev–Trinajstić information content (AvgIpc) is 2.45. The molecule has 2 rings (SSSR count). The Balaban J connectivity index is 2.23. The lowest BCUT2D eigenvalue weighted by atomic mass is 10.0. The van der Waals surface area contributed by atoms with Crippen molar-refractivity contribution in [1.29, 1.82) is 5.26 Å². The smallest absolute Gasteiger partial charge is 0.167 e. The summed E-state index contributed by atoms with van der Waals surface area (Å²) in [5, 5.41) is 9.07. The van der Waals surface area contributed by atoms with Gasteiger partial charge in [-0.25, -0.2) is 0 Å². The molecule has 0 aliphatic heterocycles. The first kappa shape index (κ1) is 12.8. The molecule has 0 fully saturated rings. The summed E-state index contributed by atoms with van der Waals surface area (Å²) >= 11 is 0. The molecule has 3 nitrogen and oxygen atoms in total. The van der Waals surface area contributed by atoms with E-state index in [-0.39, 0.29) is 12.4 Å². The number of ketones is 1. The molecule has 2 aromatic rings. The van der Waals surface area contributed by atoms with Gasteiger partial charge in [0.15, 0.2) is 5.78 Å². The summed E-state index contributed by atoms with van der Waals surface area (Å²) in [5.41, 5.74) is 2.48. The van der Waals surface area contributed by atoms with Gasteiger partial charge in [-0.05, 0) is 36.2 Å². The van der Waals surface area contributed by atoms with Crippen molar-refractivity contribution in [3.05, 3.63) is 54.1 Å². The number of nitrogens with zero attached hydrogens (tertiary/aromatic N) is 1. The molecule has 0 atom stereocenters. The zero-order valence-electron chi connectivity index (χ0n) is 10.6. The highest BCUT2D eigenvalue weighted by atomic mass is 16.5. The Morgan fingerprint density at radius 1 is 1.16 bits per heavy atom. The fraction of sp³-hybridized carbons (Fsp3) is 0.125. The fourth-order valence-corrected chi connectivity index (χ4v) is 1.75. The Morgan fingerprint density at radius 2 is 1.84 bits per heavy atom. The van der Waals surface area contributed by atoms with Crippen molar-refractivity contribution in [2.75, 3.05) is 6.61 Å². The van der Waals surface area contributed by atoms with Crippen molar-refractivity contribution in [3.63, 3.8) is 0 Å². The van der Waals surface area contributed by atoms with Crippen molar-refractivity contribution in [1.82, 2.24) is 0 Å². The number of carbonyl (C=O) groups is 1. The van der Waals surface area contributed by atoms with Crippen LogP contribution in [-0.2, 0) is 4.79 Å². The van der Waals surface area contributed by atoms with Gasteiger partial charge in [0.05, 0.1) is 11.6 Å². The number of nitriles is 1. The minimum absolute atomic E-state index is 0.0149. The van der Waals surface area contributed by atoms with E-state index in [1.807, 2.05) is 30.3 Å². The van der Waals surface area contributed by atoms with Crippen LogP contribution in [0.15, 0.2) is 48.5 Å². The third-order valence-corrected chi connectivity index (χ3v) is 2.65. The van der Waals surface area contributed by atoms with Crippen LogP contribution in [0.25, 0.3) is 11.1 Å². The zero-order valence-corrected chi connectivity index (χ0v) is 10.6. The lowest BCUT2D eigenvalue weighted by Gasteiger charge is -2.07. The largest absolute Gasteiger partial charge is 0.486 e. The maximum atomic E-state index is 10.8. The molecule has 0 saturated carbocycles. The molecule has 0 saturated heterocycles. The zero-order chi connectivity index (χ0) is 13.7.